The van der Waals surface area contributed by atoms with Crippen LogP contribution < -0.4 is 0 Å². The Balaban J connectivity index is 1.48. The molecule has 34 heavy (non-hydrogen) atoms. The van der Waals surface area contributed by atoms with Crippen LogP contribution in [-0.2, 0) is 13.9 Å². The molecule has 4 bridgehead atoms. The van der Waals surface area contributed by atoms with Gasteiger partial charge in [-0.15, -0.1) is 0 Å². The summed E-state index contributed by atoms with van der Waals surface area (Å²) in [4.78, 5) is 0. The fraction of sp³-hybridized carbons (Fsp3) is 0.933. The van der Waals surface area contributed by atoms with E-state index in [9.17, 15) is 0 Å². The van der Waals surface area contributed by atoms with Gasteiger partial charge in [0.25, 0.3) is 0 Å². The number of allylic oxidation sites excluding steroid dienone is 2. The standard InChI is InChI=1S/C30H52O3Si/c1-18(2)34(19(3)4,20(5)6)33-26-13-14-28(9)24(21(26)7)12-11-23-17-25-27-30(23,28)16-15-29(25,10)32-22(8)31-27/h11-12,18-27H,13-17H2,1-10H3/t21-,22+,23+,24-,25+,26-,27+,28-,29+,30+/m0/s1. The molecule has 5 rings (SSSR count). The molecule has 0 amide bonds. The first-order valence-corrected chi connectivity index (χ1v) is 16.7. The van der Waals surface area contributed by atoms with Crippen molar-refractivity contribution in [2.24, 2.45) is 34.5 Å². The molecule has 3 nitrogen and oxygen atoms in total. The Bertz CT molecular complexity index is 800. The quantitative estimate of drug-likeness (QED) is 0.289. The zero-order chi connectivity index (χ0) is 24.8. The molecule has 1 saturated heterocycles. The first-order chi connectivity index (χ1) is 15.8. The van der Waals surface area contributed by atoms with Gasteiger partial charge >= 0.3 is 0 Å². The summed E-state index contributed by atoms with van der Waals surface area (Å²) in [5.74, 6) is 2.30. The fourth-order valence-corrected chi connectivity index (χ4v) is 16.4. The lowest BCUT2D eigenvalue weighted by Gasteiger charge is -2.66. The summed E-state index contributed by atoms with van der Waals surface area (Å²) >= 11 is 0. The van der Waals surface area contributed by atoms with Crippen LogP contribution in [0.2, 0.25) is 16.6 Å². The molecule has 4 aliphatic carbocycles. The molecule has 0 N–H and O–H groups in total. The number of ether oxygens (including phenoxy) is 2. The Morgan fingerprint density at radius 2 is 1.56 bits per heavy atom. The van der Waals surface area contributed by atoms with Gasteiger partial charge in [0.05, 0.1) is 11.7 Å². The van der Waals surface area contributed by atoms with Crippen molar-refractivity contribution < 1.29 is 13.9 Å². The normalized spacial score (nSPS) is 50.1. The van der Waals surface area contributed by atoms with Gasteiger partial charge in [0.15, 0.2) is 6.29 Å². The first kappa shape index (κ1) is 25.5. The zero-order valence-electron chi connectivity index (χ0n) is 23.7. The molecular formula is C30H52O3Si. The van der Waals surface area contributed by atoms with Crippen LogP contribution in [0.1, 0.15) is 101 Å². The van der Waals surface area contributed by atoms with Gasteiger partial charge in [-0.1, -0.05) is 67.5 Å². The van der Waals surface area contributed by atoms with E-state index in [0.717, 1.165) is 0 Å². The highest BCUT2D eigenvalue weighted by molar-refractivity contribution is 6.77. The van der Waals surface area contributed by atoms with Crippen molar-refractivity contribution in [2.45, 2.75) is 142 Å². The minimum Gasteiger partial charge on any atom is -0.413 e. The molecule has 0 aromatic carbocycles. The van der Waals surface area contributed by atoms with E-state index >= 15 is 0 Å². The third-order valence-electron chi connectivity index (χ3n) is 12.1. The lowest BCUT2D eigenvalue weighted by molar-refractivity contribution is -0.343. The van der Waals surface area contributed by atoms with Gasteiger partial charge in [0.2, 0.25) is 8.32 Å². The lowest BCUT2D eigenvalue weighted by Crippen LogP contribution is -2.66. The Kier molecular flexibility index (Phi) is 6.12. The van der Waals surface area contributed by atoms with Crippen molar-refractivity contribution in [3.63, 3.8) is 0 Å². The Hall–Kier alpha value is -0.163. The molecule has 3 saturated carbocycles. The molecule has 0 unspecified atom stereocenters. The molecule has 1 spiro atoms. The van der Waals surface area contributed by atoms with Crippen LogP contribution in [0.15, 0.2) is 12.2 Å². The van der Waals surface area contributed by atoms with Crippen LogP contribution in [0.5, 0.6) is 0 Å². The number of fused-ring (bicyclic) bond motifs is 1. The van der Waals surface area contributed by atoms with Crippen LogP contribution in [0, 0.1) is 34.5 Å². The summed E-state index contributed by atoms with van der Waals surface area (Å²) < 4.78 is 20.6. The molecule has 10 atom stereocenters. The van der Waals surface area contributed by atoms with Crippen molar-refractivity contribution in [2.75, 3.05) is 0 Å². The maximum atomic E-state index is 7.45. The van der Waals surface area contributed by atoms with E-state index in [0.29, 0.717) is 52.5 Å². The van der Waals surface area contributed by atoms with Crippen molar-refractivity contribution in [3.8, 4) is 0 Å². The van der Waals surface area contributed by atoms with E-state index < -0.39 is 8.32 Å². The largest absolute Gasteiger partial charge is 0.413 e. The number of hydrogen-bond donors (Lipinski definition) is 0. The fourth-order valence-electron chi connectivity index (χ4n) is 10.7. The summed E-state index contributed by atoms with van der Waals surface area (Å²) in [7, 11) is -1.90. The molecule has 0 radical (unpaired) electrons. The topological polar surface area (TPSA) is 27.7 Å². The van der Waals surface area contributed by atoms with Crippen LogP contribution in [0.3, 0.4) is 0 Å². The van der Waals surface area contributed by atoms with Crippen molar-refractivity contribution in [3.05, 3.63) is 12.2 Å². The van der Waals surface area contributed by atoms with E-state index in [1.165, 1.54) is 32.1 Å². The summed E-state index contributed by atoms with van der Waals surface area (Å²) in [6, 6.07) is 0. The molecular weight excluding hydrogens is 436 g/mol. The first-order valence-electron chi connectivity index (χ1n) is 14.5. The molecule has 1 heterocycles. The van der Waals surface area contributed by atoms with Crippen molar-refractivity contribution in [1.29, 1.82) is 0 Å². The van der Waals surface area contributed by atoms with Gasteiger partial charge in [0, 0.05) is 17.4 Å². The van der Waals surface area contributed by atoms with E-state index in [2.05, 4.69) is 81.4 Å². The molecule has 4 heteroatoms. The van der Waals surface area contributed by atoms with Crippen LogP contribution in [0.4, 0.5) is 0 Å². The van der Waals surface area contributed by atoms with E-state index in [4.69, 9.17) is 13.9 Å². The van der Waals surface area contributed by atoms with Gasteiger partial charge in [-0.3, -0.25) is 0 Å². The highest BCUT2D eigenvalue weighted by Gasteiger charge is 2.74. The maximum Gasteiger partial charge on any atom is 0.200 e. The second kappa shape index (κ2) is 8.17. The van der Waals surface area contributed by atoms with Gasteiger partial charge in [0.1, 0.15) is 0 Å². The lowest BCUT2D eigenvalue weighted by atomic mass is 9.42. The Morgan fingerprint density at radius 1 is 0.912 bits per heavy atom. The average Bonchev–Trinajstić information content (AvgIpc) is 2.99. The summed E-state index contributed by atoms with van der Waals surface area (Å²) in [6.45, 7) is 24.2. The SMILES string of the molecule is CC(C)[Si](O[C@H]1CC[C@@]2(C)[C@@H](C=C[C@@H]3C[C@@H]4[C@H]5O[C@@H](C)O[C@]4(C)CC[C@@]352)[C@@H]1C)(C(C)C)C(C)C. The predicted molar refractivity (Wildman–Crippen MR) is 142 cm³/mol. The summed E-state index contributed by atoms with van der Waals surface area (Å²) in [5, 5.41) is 0. The predicted octanol–water partition coefficient (Wildman–Crippen LogP) is 8.11. The smallest absolute Gasteiger partial charge is 0.200 e. The molecule has 5 aliphatic rings. The highest BCUT2D eigenvalue weighted by Crippen LogP contribution is 2.74. The van der Waals surface area contributed by atoms with Gasteiger partial charge in [-0.25, -0.2) is 0 Å². The van der Waals surface area contributed by atoms with Gasteiger partial charge in [-0.05, 0) is 85.7 Å². The minimum absolute atomic E-state index is 0.00640. The van der Waals surface area contributed by atoms with Crippen molar-refractivity contribution in [1.82, 2.24) is 0 Å². The molecule has 4 fully saturated rings. The third kappa shape index (κ3) is 3.10. The second-order valence-corrected chi connectivity index (χ2v) is 19.7. The molecule has 1 aliphatic heterocycles. The molecule has 0 aromatic heterocycles. The second-order valence-electron chi connectivity index (χ2n) is 14.2. The Morgan fingerprint density at radius 3 is 2.18 bits per heavy atom. The van der Waals surface area contributed by atoms with Crippen LogP contribution >= 0.6 is 0 Å². The monoisotopic (exact) mass is 488 g/mol. The van der Waals surface area contributed by atoms with E-state index in [-0.39, 0.29) is 22.7 Å². The molecule has 194 valence electrons. The highest BCUT2D eigenvalue weighted by atomic mass is 28.4. The average molecular weight is 489 g/mol. The van der Waals surface area contributed by atoms with Gasteiger partial charge < -0.3 is 13.9 Å². The third-order valence-corrected chi connectivity index (χ3v) is 18.3. The number of rotatable bonds is 5. The summed E-state index contributed by atoms with van der Waals surface area (Å²) in [5.41, 5.74) is 2.45. The Labute approximate surface area is 210 Å². The number of hydrogen-bond acceptors (Lipinski definition) is 3. The maximum absolute atomic E-state index is 7.45. The molecule has 0 aromatic rings. The van der Waals surface area contributed by atoms with Crippen molar-refractivity contribution >= 4 is 8.32 Å². The van der Waals surface area contributed by atoms with E-state index in [1.807, 2.05) is 0 Å². The van der Waals surface area contributed by atoms with Crippen LogP contribution in [0.25, 0.3) is 0 Å². The summed E-state index contributed by atoms with van der Waals surface area (Å²) in [6.07, 6.45) is 12.1. The van der Waals surface area contributed by atoms with Crippen LogP contribution in [-0.4, -0.2) is 32.4 Å². The zero-order valence-corrected chi connectivity index (χ0v) is 24.7. The van der Waals surface area contributed by atoms with E-state index in [1.54, 1.807) is 0 Å². The minimum atomic E-state index is -1.90. The van der Waals surface area contributed by atoms with Gasteiger partial charge in [-0.2, -0.15) is 0 Å².